The number of aliphatic hydroxyl groups excluding tert-OH is 1. The molecule has 2 rings (SSSR count). The summed E-state index contributed by atoms with van der Waals surface area (Å²) in [5.41, 5.74) is 7.31. The fraction of sp³-hybridized carbons (Fsp3) is 0.467. The van der Waals surface area contributed by atoms with Gasteiger partial charge in [0, 0.05) is 17.5 Å². The minimum Gasteiger partial charge on any atom is -0.461 e. The number of allylic oxidation sites excluding steroid dienone is 1. The molecule has 0 heterocycles. The molecule has 5 nitrogen and oxygen atoms in total. The van der Waals surface area contributed by atoms with Crippen LogP contribution in [0.4, 0.5) is 0 Å². The van der Waals surface area contributed by atoms with Gasteiger partial charge in [-0.25, -0.2) is 0 Å². The lowest BCUT2D eigenvalue weighted by Crippen LogP contribution is -2.12. The first kappa shape index (κ1) is 28.3. The van der Waals surface area contributed by atoms with Gasteiger partial charge in [-0.1, -0.05) is 95.1 Å². The van der Waals surface area contributed by atoms with Gasteiger partial charge in [0.15, 0.2) is 5.78 Å². The molecule has 2 aromatic rings. The number of amides is 1. The molecule has 1 amide bonds. The lowest BCUT2D eigenvalue weighted by molar-refractivity contribution is 0.0246. The molecule has 0 aromatic heterocycles. The standard InChI is InChI=1S/C30H41NO4/c1-2-3-4-5-6-7-8-9-10-11-13-24-16-22-27(23-17-24)35-29(33)15-12-14-28(32)25-18-20-26(21-19-25)30(31)34/h12,15-23,29,33H,2-11,13-14H2,1H3,(H2,31,34). The third-order valence-corrected chi connectivity index (χ3v) is 6.09. The van der Waals surface area contributed by atoms with Gasteiger partial charge in [0.05, 0.1) is 0 Å². The number of hydrogen-bond donors (Lipinski definition) is 2. The molecule has 0 aliphatic rings. The number of nitrogens with two attached hydrogens (primary N) is 1. The summed E-state index contributed by atoms with van der Waals surface area (Å²) in [7, 11) is 0. The van der Waals surface area contributed by atoms with E-state index in [4.69, 9.17) is 10.5 Å². The van der Waals surface area contributed by atoms with Crippen molar-refractivity contribution < 1.29 is 19.4 Å². The van der Waals surface area contributed by atoms with Crippen molar-refractivity contribution in [2.45, 2.75) is 90.3 Å². The predicted molar refractivity (Wildman–Crippen MR) is 142 cm³/mol. The van der Waals surface area contributed by atoms with Crippen LogP contribution >= 0.6 is 0 Å². The van der Waals surface area contributed by atoms with Crippen molar-refractivity contribution in [3.05, 3.63) is 77.4 Å². The van der Waals surface area contributed by atoms with E-state index in [-0.39, 0.29) is 12.2 Å². The van der Waals surface area contributed by atoms with E-state index < -0.39 is 12.2 Å². The molecule has 1 unspecified atom stereocenters. The number of primary amides is 1. The molecule has 3 N–H and O–H groups in total. The molecule has 0 bridgehead atoms. The second-order valence-corrected chi connectivity index (χ2v) is 9.08. The number of aryl methyl sites for hydroxylation is 1. The van der Waals surface area contributed by atoms with E-state index in [0.29, 0.717) is 16.9 Å². The van der Waals surface area contributed by atoms with Crippen molar-refractivity contribution in [3.63, 3.8) is 0 Å². The molecule has 0 saturated heterocycles. The van der Waals surface area contributed by atoms with Crippen molar-refractivity contribution >= 4 is 11.7 Å². The number of benzene rings is 2. The molecule has 0 spiro atoms. The molecule has 2 aromatic carbocycles. The molecule has 35 heavy (non-hydrogen) atoms. The van der Waals surface area contributed by atoms with Gasteiger partial charge in [-0.05, 0) is 48.7 Å². The quantitative estimate of drug-likeness (QED) is 0.107. The van der Waals surface area contributed by atoms with Crippen molar-refractivity contribution in [1.29, 1.82) is 0 Å². The van der Waals surface area contributed by atoms with E-state index in [2.05, 4.69) is 6.92 Å². The van der Waals surface area contributed by atoms with E-state index in [9.17, 15) is 14.7 Å². The van der Waals surface area contributed by atoms with Crippen LogP contribution in [0.1, 0.15) is 104 Å². The van der Waals surface area contributed by atoms with Crippen LogP contribution < -0.4 is 10.5 Å². The Balaban J connectivity index is 1.61. The topological polar surface area (TPSA) is 89.6 Å². The summed E-state index contributed by atoms with van der Waals surface area (Å²) in [6.07, 6.45) is 16.4. The highest BCUT2D eigenvalue weighted by Gasteiger charge is 2.07. The van der Waals surface area contributed by atoms with Crippen LogP contribution in [0.2, 0.25) is 0 Å². The summed E-state index contributed by atoms with van der Waals surface area (Å²) in [4.78, 5) is 23.3. The highest BCUT2D eigenvalue weighted by atomic mass is 16.6. The summed E-state index contributed by atoms with van der Waals surface area (Å²) >= 11 is 0. The van der Waals surface area contributed by atoms with Crippen LogP contribution in [0.3, 0.4) is 0 Å². The lowest BCUT2D eigenvalue weighted by atomic mass is 10.0. The maximum Gasteiger partial charge on any atom is 0.248 e. The Morgan fingerprint density at radius 3 is 1.94 bits per heavy atom. The number of ether oxygens (including phenoxy) is 1. The highest BCUT2D eigenvalue weighted by Crippen LogP contribution is 2.17. The minimum absolute atomic E-state index is 0.119. The Bertz CT molecular complexity index is 903. The molecule has 0 aliphatic heterocycles. The largest absolute Gasteiger partial charge is 0.461 e. The molecule has 1 atom stereocenters. The van der Waals surface area contributed by atoms with E-state index in [1.54, 1.807) is 18.2 Å². The number of aliphatic hydroxyl groups is 1. The van der Waals surface area contributed by atoms with Gasteiger partial charge in [-0.15, -0.1) is 0 Å². The summed E-state index contributed by atoms with van der Waals surface area (Å²) in [5, 5.41) is 10.1. The number of rotatable bonds is 18. The van der Waals surface area contributed by atoms with Gasteiger partial charge >= 0.3 is 0 Å². The second kappa shape index (κ2) is 16.7. The van der Waals surface area contributed by atoms with Crippen molar-refractivity contribution in [3.8, 4) is 5.75 Å². The number of hydrogen-bond acceptors (Lipinski definition) is 4. The van der Waals surface area contributed by atoms with Gasteiger partial charge in [0.2, 0.25) is 12.2 Å². The molecular formula is C30H41NO4. The predicted octanol–water partition coefficient (Wildman–Crippen LogP) is 6.78. The third kappa shape index (κ3) is 11.9. The molecule has 0 saturated carbocycles. The summed E-state index contributed by atoms with van der Waals surface area (Å²) in [5.74, 6) is -0.0702. The zero-order valence-corrected chi connectivity index (χ0v) is 21.1. The van der Waals surface area contributed by atoms with Crippen LogP contribution in [0, 0.1) is 0 Å². The second-order valence-electron chi connectivity index (χ2n) is 9.08. The Hall–Kier alpha value is -2.92. The molecule has 5 heteroatoms. The number of carbonyl (C=O) groups is 2. The van der Waals surface area contributed by atoms with Gasteiger partial charge in [0.1, 0.15) is 5.75 Å². The number of unbranched alkanes of at least 4 members (excludes halogenated alkanes) is 9. The van der Waals surface area contributed by atoms with Crippen LogP contribution in [-0.4, -0.2) is 23.1 Å². The average Bonchev–Trinajstić information content (AvgIpc) is 2.86. The van der Waals surface area contributed by atoms with E-state index in [0.717, 1.165) is 6.42 Å². The number of Topliss-reactive ketones (excluding diaryl/α,β-unsaturated/α-hetero) is 1. The third-order valence-electron chi connectivity index (χ3n) is 6.09. The number of carbonyl (C=O) groups excluding carboxylic acids is 2. The van der Waals surface area contributed by atoms with Gasteiger partial charge in [-0.2, -0.15) is 0 Å². The van der Waals surface area contributed by atoms with Crippen molar-refractivity contribution in [1.82, 2.24) is 0 Å². The highest BCUT2D eigenvalue weighted by molar-refractivity contribution is 5.98. The van der Waals surface area contributed by atoms with Gasteiger partial charge in [-0.3, -0.25) is 9.59 Å². The maximum atomic E-state index is 12.2. The monoisotopic (exact) mass is 479 g/mol. The maximum absolute atomic E-state index is 12.2. The van der Waals surface area contributed by atoms with Crippen LogP contribution in [0.25, 0.3) is 0 Å². The zero-order valence-electron chi connectivity index (χ0n) is 21.1. The van der Waals surface area contributed by atoms with Crippen molar-refractivity contribution in [2.75, 3.05) is 0 Å². The molecule has 0 fully saturated rings. The summed E-state index contributed by atoms with van der Waals surface area (Å²) < 4.78 is 5.51. The summed E-state index contributed by atoms with van der Waals surface area (Å²) in [6.45, 7) is 2.26. The SMILES string of the molecule is CCCCCCCCCCCCc1ccc(OC(O)C=CCC(=O)c2ccc(C(N)=O)cc2)cc1. The van der Waals surface area contributed by atoms with Crippen LogP contribution in [0.15, 0.2) is 60.7 Å². The molecule has 0 aliphatic carbocycles. The average molecular weight is 480 g/mol. The number of ketones is 1. The Labute approximate surface area is 210 Å². The van der Waals surface area contributed by atoms with Gasteiger partial charge < -0.3 is 15.6 Å². The van der Waals surface area contributed by atoms with E-state index in [1.807, 2.05) is 24.3 Å². The molecular weight excluding hydrogens is 438 g/mol. The Kier molecular flexibility index (Phi) is 13.5. The lowest BCUT2D eigenvalue weighted by Gasteiger charge is -2.10. The smallest absolute Gasteiger partial charge is 0.248 e. The first-order valence-corrected chi connectivity index (χ1v) is 13.0. The van der Waals surface area contributed by atoms with E-state index >= 15 is 0 Å². The van der Waals surface area contributed by atoms with E-state index in [1.165, 1.54) is 88.0 Å². The molecule has 190 valence electrons. The molecule has 0 radical (unpaired) electrons. The normalized spacial score (nSPS) is 12.1. The fourth-order valence-corrected chi connectivity index (χ4v) is 3.96. The first-order chi connectivity index (χ1) is 17.0. The summed E-state index contributed by atoms with van der Waals surface area (Å²) in [6, 6.07) is 14.0. The fourth-order valence-electron chi connectivity index (χ4n) is 3.96. The van der Waals surface area contributed by atoms with Crippen LogP contribution in [-0.2, 0) is 6.42 Å². The van der Waals surface area contributed by atoms with Crippen LogP contribution in [0.5, 0.6) is 5.75 Å². The zero-order chi connectivity index (χ0) is 25.3. The minimum atomic E-state index is -1.13. The van der Waals surface area contributed by atoms with Crippen molar-refractivity contribution in [2.24, 2.45) is 5.73 Å². The Morgan fingerprint density at radius 1 is 0.829 bits per heavy atom. The van der Waals surface area contributed by atoms with Gasteiger partial charge in [0.25, 0.3) is 0 Å². The Morgan fingerprint density at radius 2 is 1.37 bits per heavy atom. The first-order valence-electron chi connectivity index (χ1n) is 13.0.